The standard InChI is InChI=1S/C44H76O4Si2/c1-15-16-19-39(45)44(27-28-44)40(46)25-20-31(2)36-23-24-37-33(18-17-26-43(36,37)10)21-22-34-29-35(47-49(11,12)41(4,5)6)30-38(32(34)3)48-50(13,14)42(7,8)9/h20-22,25,31,35-38,40,46H,3,15-19,23-24,26-30H2,1-2,4-14H3/t31-,35-,36-,37+,38+,40?,43-/m1/s1. The second kappa shape index (κ2) is 15.4. The molecule has 0 amide bonds. The highest BCUT2D eigenvalue weighted by Gasteiger charge is 2.54. The average Bonchev–Trinajstić information content (AvgIpc) is 3.74. The number of ketones is 1. The van der Waals surface area contributed by atoms with Crippen LogP contribution >= 0.6 is 0 Å². The molecule has 1 N–H and O–H groups in total. The summed E-state index contributed by atoms with van der Waals surface area (Å²) in [5.74, 6) is 1.80. The number of fused-ring (bicyclic) bond motifs is 1. The molecule has 0 radical (unpaired) electrons. The molecular weight excluding hydrogens is 649 g/mol. The lowest BCUT2D eigenvalue weighted by Gasteiger charge is -2.45. The van der Waals surface area contributed by atoms with E-state index in [0.717, 1.165) is 44.1 Å². The smallest absolute Gasteiger partial charge is 0.192 e. The molecule has 7 atom stereocenters. The van der Waals surface area contributed by atoms with Gasteiger partial charge in [-0.2, -0.15) is 0 Å². The molecule has 4 aliphatic rings. The first-order chi connectivity index (χ1) is 23.0. The summed E-state index contributed by atoms with van der Waals surface area (Å²) in [6.45, 7) is 35.1. The summed E-state index contributed by atoms with van der Waals surface area (Å²) in [6, 6.07) is 0. The van der Waals surface area contributed by atoms with Gasteiger partial charge in [-0.3, -0.25) is 4.79 Å². The maximum atomic E-state index is 12.9. The summed E-state index contributed by atoms with van der Waals surface area (Å²) < 4.78 is 14.2. The van der Waals surface area contributed by atoms with Gasteiger partial charge in [-0.15, -0.1) is 0 Å². The van der Waals surface area contributed by atoms with Crippen LogP contribution < -0.4 is 0 Å². The van der Waals surface area contributed by atoms with E-state index in [1.54, 1.807) is 5.57 Å². The van der Waals surface area contributed by atoms with Gasteiger partial charge in [-0.05, 0) is 128 Å². The fraction of sp³-hybridized carbons (Fsp3) is 0.795. The third-order valence-electron chi connectivity index (χ3n) is 14.7. The van der Waals surface area contributed by atoms with Gasteiger partial charge in [0, 0.05) is 12.8 Å². The van der Waals surface area contributed by atoms with E-state index in [4.69, 9.17) is 15.4 Å². The van der Waals surface area contributed by atoms with Crippen LogP contribution in [0.15, 0.2) is 47.6 Å². The molecule has 4 aliphatic carbocycles. The van der Waals surface area contributed by atoms with Crippen molar-refractivity contribution >= 4 is 22.4 Å². The van der Waals surface area contributed by atoms with E-state index in [9.17, 15) is 9.90 Å². The zero-order valence-corrected chi connectivity index (χ0v) is 36.6. The minimum atomic E-state index is -2.01. The molecule has 4 rings (SSSR count). The molecule has 0 aromatic heterocycles. The zero-order chi connectivity index (χ0) is 37.5. The van der Waals surface area contributed by atoms with E-state index in [2.05, 4.69) is 107 Å². The van der Waals surface area contributed by atoms with Gasteiger partial charge in [-0.1, -0.05) is 105 Å². The maximum Gasteiger partial charge on any atom is 0.192 e. The second-order valence-corrected chi connectivity index (χ2v) is 29.7. The van der Waals surface area contributed by atoms with Crippen molar-refractivity contribution < 1.29 is 18.8 Å². The predicted octanol–water partition coefficient (Wildman–Crippen LogP) is 12.3. The third kappa shape index (κ3) is 8.83. The SMILES string of the molecule is C=C1C(=CC=C2CCC[C@]3(C)[C@@H]([C@H](C)C=CC(O)C4(C(=O)CCCC)CC4)CC[C@@H]23)C[C@@H](O[Si](C)(C)C(C)(C)C)C[C@@H]1O[Si](C)(C)C(C)(C)C. The molecule has 4 nitrogen and oxygen atoms in total. The molecule has 6 heteroatoms. The lowest BCUT2D eigenvalue weighted by atomic mass is 9.61. The molecule has 284 valence electrons. The van der Waals surface area contributed by atoms with Crippen molar-refractivity contribution in [1.82, 2.24) is 0 Å². The Balaban J connectivity index is 1.54. The van der Waals surface area contributed by atoms with Gasteiger partial charge in [0.2, 0.25) is 0 Å². The largest absolute Gasteiger partial charge is 0.413 e. The van der Waals surface area contributed by atoms with E-state index >= 15 is 0 Å². The Bertz CT molecular complexity index is 1320. The fourth-order valence-corrected chi connectivity index (χ4v) is 11.6. The highest BCUT2D eigenvalue weighted by Crippen LogP contribution is 2.60. The van der Waals surface area contributed by atoms with E-state index in [-0.39, 0.29) is 33.5 Å². The number of allylic oxidation sites excluding steroid dienone is 4. The molecule has 0 heterocycles. The van der Waals surface area contributed by atoms with E-state index in [1.165, 1.54) is 37.7 Å². The van der Waals surface area contributed by atoms with Crippen molar-refractivity contribution in [2.45, 2.75) is 194 Å². The van der Waals surface area contributed by atoms with E-state index in [0.29, 0.717) is 24.2 Å². The highest BCUT2D eigenvalue weighted by molar-refractivity contribution is 6.74. The summed E-state index contributed by atoms with van der Waals surface area (Å²) in [7, 11) is -3.97. The summed E-state index contributed by atoms with van der Waals surface area (Å²) >= 11 is 0. The molecule has 4 saturated carbocycles. The number of carbonyl (C=O) groups is 1. The summed E-state index contributed by atoms with van der Waals surface area (Å²) in [5.41, 5.74) is 3.81. The predicted molar refractivity (Wildman–Crippen MR) is 217 cm³/mol. The number of aliphatic hydroxyl groups excluding tert-OH is 1. The van der Waals surface area contributed by atoms with Gasteiger partial charge >= 0.3 is 0 Å². The monoisotopic (exact) mass is 725 g/mol. The first-order valence-electron chi connectivity index (χ1n) is 20.3. The number of hydrogen-bond donors (Lipinski definition) is 1. The van der Waals surface area contributed by atoms with Crippen molar-refractivity contribution in [3.63, 3.8) is 0 Å². The number of aliphatic hydroxyl groups is 1. The van der Waals surface area contributed by atoms with Crippen LogP contribution in [-0.2, 0) is 13.6 Å². The van der Waals surface area contributed by atoms with Crippen LogP contribution in [0.2, 0.25) is 36.3 Å². The lowest BCUT2D eigenvalue weighted by Crippen LogP contribution is -2.49. The lowest BCUT2D eigenvalue weighted by molar-refractivity contribution is -0.127. The van der Waals surface area contributed by atoms with Crippen LogP contribution in [-0.4, -0.2) is 45.8 Å². The molecule has 0 aliphatic heterocycles. The molecular formula is C44H76O4Si2. The van der Waals surface area contributed by atoms with E-state index in [1.807, 2.05) is 6.08 Å². The molecule has 50 heavy (non-hydrogen) atoms. The average molecular weight is 725 g/mol. The van der Waals surface area contributed by atoms with E-state index < -0.39 is 28.2 Å². The van der Waals surface area contributed by atoms with Gasteiger partial charge in [0.25, 0.3) is 0 Å². The maximum absolute atomic E-state index is 12.9. The van der Waals surface area contributed by atoms with Crippen LogP contribution in [0.4, 0.5) is 0 Å². The molecule has 0 aromatic rings. The number of hydrogen-bond acceptors (Lipinski definition) is 4. The first-order valence-corrected chi connectivity index (χ1v) is 26.1. The van der Waals surface area contributed by atoms with Crippen molar-refractivity contribution in [3.8, 4) is 0 Å². The summed E-state index contributed by atoms with van der Waals surface area (Å²) in [4.78, 5) is 12.9. The Morgan fingerprint density at radius 2 is 1.60 bits per heavy atom. The van der Waals surface area contributed by atoms with Crippen molar-refractivity contribution in [1.29, 1.82) is 0 Å². The topological polar surface area (TPSA) is 55.8 Å². The number of carbonyl (C=O) groups excluding carboxylic acids is 1. The molecule has 0 saturated heterocycles. The van der Waals surface area contributed by atoms with Gasteiger partial charge < -0.3 is 14.0 Å². The number of rotatable bonds is 13. The normalized spacial score (nSPS) is 32.1. The van der Waals surface area contributed by atoms with Gasteiger partial charge in [-0.25, -0.2) is 0 Å². The van der Waals surface area contributed by atoms with Crippen LogP contribution in [0.1, 0.15) is 139 Å². The quantitative estimate of drug-likeness (QED) is 0.152. The van der Waals surface area contributed by atoms with Crippen molar-refractivity contribution in [3.05, 3.63) is 47.6 Å². The summed E-state index contributed by atoms with van der Waals surface area (Å²) in [5, 5.41) is 11.4. The van der Waals surface area contributed by atoms with Crippen LogP contribution in [0.3, 0.4) is 0 Å². The Morgan fingerprint density at radius 1 is 0.980 bits per heavy atom. The fourth-order valence-electron chi connectivity index (χ4n) is 8.97. The Labute approximate surface area is 310 Å². The van der Waals surface area contributed by atoms with Crippen molar-refractivity contribution in [2.24, 2.45) is 28.6 Å². The molecule has 0 aromatic carbocycles. The Hall–Kier alpha value is -1.06. The number of Topliss-reactive ketones (excluding diaryl/α,β-unsaturated/α-hetero) is 1. The molecule has 0 bridgehead atoms. The van der Waals surface area contributed by atoms with Gasteiger partial charge in [0.15, 0.2) is 16.6 Å². The summed E-state index contributed by atoms with van der Waals surface area (Å²) in [6.07, 6.45) is 20.7. The first kappa shape index (κ1) is 41.7. The molecule has 0 spiro atoms. The van der Waals surface area contributed by atoms with Crippen LogP contribution in [0.25, 0.3) is 0 Å². The van der Waals surface area contributed by atoms with Gasteiger partial charge in [0.05, 0.1) is 23.7 Å². The minimum absolute atomic E-state index is 0.00348. The van der Waals surface area contributed by atoms with Crippen LogP contribution in [0.5, 0.6) is 0 Å². The third-order valence-corrected chi connectivity index (χ3v) is 23.7. The van der Waals surface area contributed by atoms with Gasteiger partial charge in [0.1, 0.15) is 5.78 Å². The second-order valence-electron chi connectivity index (χ2n) is 20.2. The zero-order valence-electron chi connectivity index (χ0n) is 34.6. The number of unbranched alkanes of at least 4 members (excludes halogenated alkanes) is 1. The Kier molecular flexibility index (Phi) is 12.8. The highest BCUT2D eigenvalue weighted by atomic mass is 28.4. The molecule has 1 unspecified atom stereocenters. The molecule has 4 fully saturated rings. The Morgan fingerprint density at radius 3 is 2.18 bits per heavy atom. The minimum Gasteiger partial charge on any atom is -0.413 e. The van der Waals surface area contributed by atoms with Crippen molar-refractivity contribution in [2.75, 3.05) is 0 Å². The van der Waals surface area contributed by atoms with Crippen LogP contribution in [0, 0.1) is 28.6 Å².